The molecule has 1 atom stereocenters. The summed E-state index contributed by atoms with van der Waals surface area (Å²) in [4.78, 5) is 0. The zero-order chi connectivity index (χ0) is 17.1. The SMILES string of the molecule is C[Si](C)(C)CCOCn1cc(N)c(OC[C@H]2COCC2(F)F)n1. The summed E-state index contributed by atoms with van der Waals surface area (Å²) in [6, 6.07) is 1.06. The van der Waals surface area contributed by atoms with E-state index in [4.69, 9.17) is 19.9 Å². The fourth-order valence-corrected chi connectivity index (χ4v) is 2.82. The van der Waals surface area contributed by atoms with Crippen molar-refractivity contribution in [1.29, 1.82) is 0 Å². The van der Waals surface area contributed by atoms with Crippen LogP contribution in [0.15, 0.2) is 6.20 Å². The summed E-state index contributed by atoms with van der Waals surface area (Å²) in [5.74, 6) is -3.68. The highest BCUT2D eigenvalue weighted by Crippen LogP contribution is 2.32. The van der Waals surface area contributed by atoms with Gasteiger partial charge in [-0.2, -0.15) is 0 Å². The quantitative estimate of drug-likeness (QED) is 0.576. The molecule has 6 nitrogen and oxygen atoms in total. The number of nitrogens with two attached hydrogens (primary N) is 1. The maximum atomic E-state index is 13.4. The molecular formula is C14H25F2N3O3Si. The van der Waals surface area contributed by atoms with Crippen LogP contribution in [0.3, 0.4) is 0 Å². The number of hydrogen-bond acceptors (Lipinski definition) is 5. The van der Waals surface area contributed by atoms with E-state index in [0.29, 0.717) is 12.3 Å². The fraction of sp³-hybridized carbons (Fsp3) is 0.786. The minimum Gasteiger partial charge on any atom is -0.475 e. The third-order valence-electron chi connectivity index (χ3n) is 3.61. The molecule has 1 saturated heterocycles. The van der Waals surface area contributed by atoms with E-state index in [9.17, 15) is 8.78 Å². The number of halogens is 2. The number of hydrogen-bond donors (Lipinski definition) is 1. The van der Waals surface area contributed by atoms with Gasteiger partial charge in [0, 0.05) is 14.7 Å². The molecule has 0 aliphatic carbocycles. The highest BCUT2D eigenvalue weighted by atomic mass is 28.3. The van der Waals surface area contributed by atoms with Gasteiger partial charge in [0.25, 0.3) is 11.8 Å². The largest absolute Gasteiger partial charge is 0.475 e. The molecule has 0 saturated carbocycles. The summed E-state index contributed by atoms with van der Waals surface area (Å²) in [7, 11) is -1.13. The molecule has 2 heterocycles. The molecule has 1 aliphatic rings. The van der Waals surface area contributed by atoms with Gasteiger partial charge in [-0.25, -0.2) is 13.5 Å². The molecule has 9 heteroatoms. The number of rotatable bonds is 8. The van der Waals surface area contributed by atoms with Crippen molar-refractivity contribution in [3.63, 3.8) is 0 Å². The summed E-state index contributed by atoms with van der Waals surface area (Å²) >= 11 is 0. The molecule has 2 rings (SSSR count). The van der Waals surface area contributed by atoms with Gasteiger partial charge in [0.2, 0.25) is 0 Å². The summed E-state index contributed by atoms with van der Waals surface area (Å²) in [6.45, 7) is 7.00. The van der Waals surface area contributed by atoms with E-state index in [1.54, 1.807) is 6.20 Å². The molecule has 1 aromatic rings. The third kappa shape index (κ3) is 5.43. The van der Waals surface area contributed by atoms with E-state index in [1.807, 2.05) is 0 Å². The minimum atomic E-state index is -2.86. The summed E-state index contributed by atoms with van der Waals surface area (Å²) in [5, 5.41) is 4.12. The number of aromatic nitrogens is 2. The van der Waals surface area contributed by atoms with Gasteiger partial charge in [-0.15, -0.1) is 5.10 Å². The maximum absolute atomic E-state index is 13.4. The van der Waals surface area contributed by atoms with Crippen LogP contribution < -0.4 is 10.5 Å². The van der Waals surface area contributed by atoms with Gasteiger partial charge in [0.15, 0.2) is 0 Å². The normalized spacial score (nSPS) is 20.8. The first-order valence-corrected chi connectivity index (χ1v) is 11.4. The standard InChI is InChI=1S/C14H25F2N3O3Si/c1-23(2,3)5-4-20-10-19-6-12(17)13(18-19)22-8-11-7-21-9-14(11,15)16/h6,11H,4-5,7-10,17H2,1-3H3/t11-/m1/s1. The van der Waals surface area contributed by atoms with Crippen LogP contribution in [0.5, 0.6) is 5.88 Å². The second kappa shape index (κ2) is 7.14. The lowest BCUT2D eigenvalue weighted by Crippen LogP contribution is -2.31. The zero-order valence-corrected chi connectivity index (χ0v) is 14.8. The van der Waals surface area contributed by atoms with Gasteiger partial charge in [-0.3, -0.25) is 0 Å². The lowest BCUT2D eigenvalue weighted by molar-refractivity contribution is -0.0473. The second-order valence-corrected chi connectivity index (χ2v) is 12.7. The first-order valence-electron chi connectivity index (χ1n) is 7.66. The van der Waals surface area contributed by atoms with Crippen molar-refractivity contribution in [1.82, 2.24) is 9.78 Å². The summed E-state index contributed by atoms with van der Waals surface area (Å²) in [5.41, 5.74) is 6.10. The molecule has 0 amide bonds. The highest BCUT2D eigenvalue weighted by Gasteiger charge is 2.45. The molecule has 1 aromatic heterocycles. The number of nitrogens with zero attached hydrogens (tertiary/aromatic N) is 2. The van der Waals surface area contributed by atoms with Crippen LogP contribution in [0.4, 0.5) is 14.5 Å². The van der Waals surface area contributed by atoms with Crippen molar-refractivity contribution >= 4 is 13.8 Å². The van der Waals surface area contributed by atoms with Gasteiger partial charge >= 0.3 is 0 Å². The Labute approximate surface area is 135 Å². The van der Waals surface area contributed by atoms with Crippen molar-refractivity contribution in [2.45, 2.75) is 38.3 Å². The van der Waals surface area contributed by atoms with E-state index in [2.05, 4.69) is 24.7 Å². The average molecular weight is 349 g/mol. The van der Waals surface area contributed by atoms with Gasteiger partial charge in [0.1, 0.15) is 25.6 Å². The monoisotopic (exact) mass is 349 g/mol. The molecular weight excluding hydrogens is 324 g/mol. The van der Waals surface area contributed by atoms with Crippen molar-refractivity contribution in [2.24, 2.45) is 5.92 Å². The highest BCUT2D eigenvalue weighted by molar-refractivity contribution is 6.76. The van der Waals surface area contributed by atoms with Crippen LogP contribution in [0, 0.1) is 5.92 Å². The Morgan fingerprint density at radius 1 is 1.48 bits per heavy atom. The van der Waals surface area contributed by atoms with E-state index in [-0.39, 0.29) is 25.8 Å². The van der Waals surface area contributed by atoms with E-state index < -0.39 is 26.5 Å². The molecule has 0 unspecified atom stereocenters. The predicted octanol–water partition coefficient (Wildman–Crippen LogP) is 2.44. The smallest absolute Gasteiger partial charge is 0.279 e. The number of nitrogen functional groups attached to an aromatic ring is 1. The van der Waals surface area contributed by atoms with Crippen molar-refractivity contribution < 1.29 is 23.0 Å². The van der Waals surface area contributed by atoms with Gasteiger partial charge < -0.3 is 19.9 Å². The van der Waals surface area contributed by atoms with Crippen LogP contribution in [0.1, 0.15) is 0 Å². The molecule has 0 radical (unpaired) electrons. The summed E-state index contributed by atoms with van der Waals surface area (Å²) < 4.78 is 44.1. The maximum Gasteiger partial charge on any atom is 0.279 e. The van der Waals surface area contributed by atoms with Crippen molar-refractivity contribution in [2.75, 3.05) is 32.2 Å². The molecule has 132 valence electrons. The first-order chi connectivity index (χ1) is 10.7. The molecule has 23 heavy (non-hydrogen) atoms. The lowest BCUT2D eigenvalue weighted by atomic mass is 10.1. The van der Waals surface area contributed by atoms with Crippen LogP contribution in [-0.4, -0.2) is 50.2 Å². The molecule has 0 bridgehead atoms. The van der Waals surface area contributed by atoms with Crippen LogP contribution in [0.25, 0.3) is 0 Å². The third-order valence-corrected chi connectivity index (χ3v) is 5.31. The molecule has 1 fully saturated rings. The molecule has 2 N–H and O–H groups in total. The Hall–Kier alpha value is -1.19. The minimum absolute atomic E-state index is 0.0204. The second-order valence-electron chi connectivity index (χ2n) is 7.06. The lowest BCUT2D eigenvalue weighted by Gasteiger charge is -2.16. The van der Waals surface area contributed by atoms with Gasteiger partial charge in [-0.05, 0) is 6.04 Å². The Kier molecular flexibility index (Phi) is 5.64. The van der Waals surface area contributed by atoms with Gasteiger partial charge in [0.05, 0.1) is 18.7 Å². The predicted molar refractivity (Wildman–Crippen MR) is 85.5 cm³/mol. The zero-order valence-electron chi connectivity index (χ0n) is 13.8. The van der Waals surface area contributed by atoms with Crippen LogP contribution >= 0.6 is 0 Å². The number of alkyl halides is 2. The van der Waals surface area contributed by atoms with E-state index >= 15 is 0 Å². The number of ether oxygens (including phenoxy) is 3. The summed E-state index contributed by atoms with van der Waals surface area (Å²) in [6.07, 6.45) is 1.58. The Morgan fingerprint density at radius 2 is 2.22 bits per heavy atom. The van der Waals surface area contributed by atoms with Crippen LogP contribution in [-0.2, 0) is 16.2 Å². The van der Waals surface area contributed by atoms with Gasteiger partial charge in [-0.1, -0.05) is 19.6 Å². The fourth-order valence-electron chi connectivity index (χ4n) is 2.06. The average Bonchev–Trinajstić information content (AvgIpc) is 2.94. The Balaban J connectivity index is 1.79. The van der Waals surface area contributed by atoms with Crippen molar-refractivity contribution in [3.8, 4) is 5.88 Å². The Morgan fingerprint density at radius 3 is 2.83 bits per heavy atom. The number of anilines is 1. The first kappa shape index (κ1) is 18.1. The molecule has 0 spiro atoms. The van der Waals surface area contributed by atoms with E-state index in [1.165, 1.54) is 4.68 Å². The Bertz CT molecular complexity index is 520. The van der Waals surface area contributed by atoms with Crippen molar-refractivity contribution in [3.05, 3.63) is 6.20 Å². The molecule has 1 aliphatic heterocycles. The van der Waals surface area contributed by atoms with E-state index in [0.717, 1.165) is 6.04 Å². The topological polar surface area (TPSA) is 71.5 Å². The van der Waals surface area contributed by atoms with Crippen LogP contribution in [0.2, 0.25) is 25.7 Å². The molecule has 0 aromatic carbocycles.